The summed E-state index contributed by atoms with van der Waals surface area (Å²) in [7, 11) is -8.13. The van der Waals surface area contributed by atoms with Gasteiger partial charge in [-0.25, -0.2) is 16.8 Å². The zero-order chi connectivity index (χ0) is 41.4. The van der Waals surface area contributed by atoms with Crippen LogP contribution in [0.2, 0.25) is 0 Å². The molecule has 0 unspecified atom stereocenters. The number of aryl methyl sites for hydroxylation is 2. The quantitative estimate of drug-likeness (QED) is 0.134. The number of halogens is 1. The van der Waals surface area contributed by atoms with Gasteiger partial charge in [0.25, 0.3) is 0 Å². The Balaban J connectivity index is 0.000000200. The van der Waals surface area contributed by atoms with Gasteiger partial charge in [-0.15, -0.1) is 0 Å². The second kappa shape index (κ2) is 19.2. The highest BCUT2D eigenvalue weighted by Crippen LogP contribution is 2.28. The molecule has 0 aliphatic heterocycles. The molecular formula is C42H50BBrN4O6S2. The van der Waals surface area contributed by atoms with Gasteiger partial charge >= 0.3 is 7.12 Å². The Hall–Kier alpha value is -4.34. The van der Waals surface area contributed by atoms with Crippen molar-refractivity contribution in [3.63, 3.8) is 0 Å². The summed E-state index contributed by atoms with van der Waals surface area (Å²) in [5, 5.41) is 26.7. The minimum atomic E-state index is -3.28. The molecule has 2 N–H and O–H groups in total. The third kappa shape index (κ3) is 12.9. The molecule has 0 aliphatic carbocycles. The van der Waals surface area contributed by atoms with Gasteiger partial charge in [-0.05, 0) is 102 Å². The van der Waals surface area contributed by atoms with Crippen LogP contribution >= 0.6 is 15.9 Å². The van der Waals surface area contributed by atoms with Crippen molar-refractivity contribution in [1.82, 2.24) is 19.6 Å². The molecule has 0 spiro atoms. The summed E-state index contributed by atoms with van der Waals surface area (Å²) >= 11 is 3.46. The molecule has 0 amide bonds. The molecule has 0 bridgehead atoms. The Morgan fingerprint density at radius 3 is 1.43 bits per heavy atom. The molecule has 6 aromatic rings. The van der Waals surface area contributed by atoms with Crippen LogP contribution in [-0.2, 0) is 32.8 Å². The molecule has 0 fully saturated rings. The third-order valence-electron chi connectivity index (χ3n) is 8.38. The lowest BCUT2D eigenvalue weighted by Crippen LogP contribution is -2.30. The molecule has 0 saturated carbocycles. The Labute approximate surface area is 340 Å². The summed E-state index contributed by atoms with van der Waals surface area (Å²) in [4.78, 5) is 0.419. The van der Waals surface area contributed by atoms with Gasteiger partial charge in [0.05, 0.1) is 32.6 Å². The van der Waals surface area contributed by atoms with Crippen molar-refractivity contribution >= 4 is 48.2 Å². The van der Waals surface area contributed by atoms with Gasteiger partial charge in [-0.1, -0.05) is 104 Å². The molecule has 14 heteroatoms. The molecule has 0 atom stereocenters. The van der Waals surface area contributed by atoms with Gasteiger partial charge in [0.1, 0.15) is 0 Å². The molecular weight excluding hydrogens is 811 g/mol. The van der Waals surface area contributed by atoms with E-state index < -0.39 is 26.8 Å². The minimum Gasteiger partial charge on any atom is -0.423 e. The Morgan fingerprint density at radius 2 is 1.00 bits per heavy atom. The van der Waals surface area contributed by atoms with Crippen LogP contribution in [0, 0.1) is 25.7 Å². The van der Waals surface area contributed by atoms with E-state index in [1.54, 1.807) is 18.2 Å². The average molecular weight is 862 g/mol. The standard InChI is InChI=1S/C21H24N2O2S.C14H17BrN2.C7H9BO4S/c1-15(2)14-23-21(12-16(3)22-23)18-10-8-17(9-11-18)19-6-5-7-20(13-19)26(4,24)25;1-10(2)9-17-14(8-11(3)16-17)12-4-6-13(15)7-5-12;1-13(11,12)7-4-2-3-6(5-7)8(9)10/h5-13,15H,14H2,1-4H3;4-8,10H,9H2,1-3H3;2-5,9-10H,1H3. The fourth-order valence-electron chi connectivity index (χ4n) is 5.79. The molecule has 56 heavy (non-hydrogen) atoms. The number of nitrogens with zero attached hydrogens (tertiary/aromatic N) is 4. The molecule has 10 nitrogen and oxygen atoms in total. The van der Waals surface area contributed by atoms with E-state index in [0.717, 1.165) is 57.6 Å². The minimum absolute atomic E-state index is 0.0816. The van der Waals surface area contributed by atoms with E-state index >= 15 is 0 Å². The lowest BCUT2D eigenvalue weighted by Gasteiger charge is -2.11. The Morgan fingerprint density at radius 1 is 0.589 bits per heavy atom. The van der Waals surface area contributed by atoms with E-state index in [1.807, 2.05) is 32.0 Å². The van der Waals surface area contributed by atoms with Gasteiger partial charge in [0, 0.05) is 30.1 Å². The van der Waals surface area contributed by atoms with Gasteiger partial charge in [0.15, 0.2) is 19.7 Å². The first-order valence-electron chi connectivity index (χ1n) is 18.1. The number of hydrogen-bond donors (Lipinski definition) is 2. The molecule has 296 valence electrons. The van der Waals surface area contributed by atoms with Crippen LogP contribution in [0.1, 0.15) is 39.1 Å². The van der Waals surface area contributed by atoms with Crippen LogP contribution in [0.25, 0.3) is 33.6 Å². The Bertz CT molecular complexity index is 2440. The number of sulfone groups is 2. The van der Waals surface area contributed by atoms with Crippen LogP contribution in [0.15, 0.2) is 123 Å². The number of rotatable bonds is 10. The van der Waals surface area contributed by atoms with Crippen molar-refractivity contribution in [2.45, 2.75) is 64.4 Å². The second-order valence-electron chi connectivity index (χ2n) is 14.6. The van der Waals surface area contributed by atoms with E-state index in [9.17, 15) is 16.8 Å². The lowest BCUT2D eigenvalue weighted by molar-refractivity contribution is 0.425. The first kappa shape index (κ1) is 44.4. The van der Waals surface area contributed by atoms with Crippen molar-refractivity contribution in [2.24, 2.45) is 11.8 Å². The van der Waals surface area contributed by atoms with Crippen LogP contribution in [0.5, 0.6) is 0 Å². The molecule has 2 heterocycles. The summed E-state index contributed by atoms with van der Waals surface area (Å²) in [6.07, 6.45) is 2.29. The van der Waals surface area contributed by atoms with Crippen molar-refractivity contribution in [3.8, 4) is 33.6 Å². The average Bonchev–Trinajstić information content (AvgIpc) is 3.68. The predicted octanol–water partition coefficient (Wildman–Crippen LogP) is 7.63. The second-order valence-corrected chi connectivity index (χ2v) is 19.5. The molecule has 0 radical (unpaired) electrons. The molecule has 2 aromatic heterocycles. The fourth-order valence-corrected chi connectivity index (χ4v) is 7.40. The van der Waals surface area contributed by atoms with Gasteiger partial charge in [-0.3, -0.25) is 9.36 Å². The first-order valence-corrected chi connectivity index (χ1v) is 22.7. The summed E-state index contributed by atoms with van der Waals surface area (Å²) in [5.74, 6) is 1.12. The molecule has 0 aliphatic rings. The van der Waals surface area contributed by atoms with Gasteiger partial charge in [-0.2, -0.15) is 10.2 Å². The van der Waals surface area contributed by atoms with E-state index in [4.69, 9.17) is 10.0 Å². The van der Waals surface area contributed by atoms with Crippen molar-refractivity contribution in [1.29, 1.82) is 0 Å². The summed E-state index contributed by atoms with van der Waals surface area (Å²) < 4.78 is 50.9. The normalized spacial score (nSPS) is 11.5. The van der Waals surface area contributed by atoms with Crippen LogP contribution in [-0.4, -0.2) is 66.1 Å². The summed E-state index contributed by atoms with van der Waals surface area (Å²) in [5.41, 5.74) is 8.76. The van der Waals surface area contributed by atoms with E-state index in [2.05, 4.69) is 112 Å². The lowest BCUT2D eigenvalue weighted by atomic mass is 9.80. The highest BCUT2D eigenvalue weighted by Gasteiger charge is 2.15. The molecule has 0 saturated heterocycles. The van der Waals surface area contributed by atoms with Crippen LogP contribution < -0.4 is 5.46 Å². The van der Waals surface area contributed by atoms with Crippen molar-refractivity contribution in [3.05, 3.63) is 125 Å². The maximum atomic E-state index is 11.8. The van der Waals surface area contributed by atoms with Crippen molar-refractivity contribution in [2.75, 3.05) is 12.5 Å². The zero-order valence-corrected chi connectivity index (χ0v) is 36.3. The van der Waals surface area contributed by atoms with Crippen LogP contribution in [0.3, 0.4) is 0 Å². The maximum Gasteiger partial charge on any atom is 0.488 e. The maximum absolute atomic E-state index is 11.8. The highest BCUT2D eigenvalue weighted by atomic mass is 79.9. The van der Waals surface area contributed by atoms with E-state index in [0.29, 0.717) is 16.7 Å². The number of aromatic nitrogens is 4. The predicted molar refractivity (Wildman–Crippen MR) is 230 cm³/mol. The van der Waals surface area contributed by atoms with E-state index in [1.165, 1.54) is 41.8 Å². The third-order valence-corrected chi connectivity index (χ3v) is 11.1. The largest absolute Gasteiger partial charge is 0.488 e. The van der Waals surface area contributed by atoms with Gasteiger partial charge < -0.3 is 10.0 Å². The van der Waals surface area contributed by atoms with Gasteiger partial charge in [0.2, 0.25) is 0 Å². The summed E-state index contributed by atoms with van der Waals surface area (Å²) in [6, 6.07) is 33.4. The summed E-state index contributed by atoms with van der Waals surface area (Å²) in [6.45, 7) is 14.7. The number of benzene rings is 4. The van der Waals surface area contributed by atoms with Crippen molar-refractivity contribution < 1.29 is 26.9 Å². The highest BCUT2D eigenvalue weighted by molar-refractivity contribution is 9.10. The molecule has 6 rings (SSSR count). The Kier molecular flexibility index (Phi) is 15.2. The zero-order valence-electron chi connectivity index (χ0n) is 33.0. The van der Waals surface area contributed by atoms with Crippen LogP contribution in [0.4, 0.5) is 0 Å². The SMILES string of the molecule is CS(=O)(=O)c1cccc(B(O)O)c1.Cc1cc(-c2ccc(-c3cccc(S(C)(=O)=O)c3)cc2)n(CC(C)C)n1.Cc1cc(-c2ccc(Br)cc2)n(CC(C)C)n1. The molecule has 4 aromatic carbocycles. The first-order chi connectivity index (χ1) is 26.2. The topological polar surface area (TPSA) is 144 Å². The number of hydrogen-bond acceptors (Lipinski definition) is 8. The fraction of sp³-hybridized carbons (Fsp3) is 0.286. The van der Waals surface area contributed by atoms with E-state index in [-0.39, 0.29) is 10.4 Å². The monoisotopic (exact) mass is 860 g/mol. The smallest absolute Gasteiger partial charge is 0.423 e.